The van der Waals surface area contributed by atoms with Gasteiger partial charge in [0.25, 0.3) is 11.8 Å². The Hall–Kier alpha value is -2.43. The lowest BCUT2D eigenvalue weighted by Gasteiger charge is -2.21. The fourth-order valence-electron chi connectivity index (χ4n) is 4.37. The lowest BCUT2D eigenvalue weighted by Crippen LogP contribution is -2.35. The largest absolute Gasteiger partial charge is 0.443 e. The van der Waals surface area contributed by atoms with Crippen LogP contribution in [0.1, 0.15) is 67.2 Å². The van der Waals surface area contributed by atoms with E-state index in [0.717, 1.165) is 40.0 Å². The third-order valence-electron chi connectivity index (χ3n) is 5.59. The molecular formula is C22H27NO4. The molecule has 0 saturated carbocycles. The van der Waals surface area contributed by atoms with Crippen LogP contribution in [0.5, 0.6) is 0 Å². The summed E-state index contributed by atoms with van der Waals surface area (Å²) < 4.78 is 5.44. The molecule has 1 aliphatic heterocycles. The van der Waals surface area contributed by atoms with Gasteiger partial charge in [-0.3, -0.25) is 14.4 Å². The molecule has 1 aliphatic carbocycles. The fraction of sp³-hybridized carbons (Fsp3) is 0.500. The van der Waals surface area contributed by atoms with Crippen LogP contribution in [-0.2, 0) is 19.1 Å². The maximum Gasteiger partial charge on any atom is 0.315 e. The quantitative estimate of drug-likeness (QED) is 0.584. The highest BCUT2D eigenvalue weighted by Gasteiger charge is 2.39. The van der Waals surface area contributed by atoms with E-state index in [1.54, 1.807) is 0 Å². The summed E-state index contributed by atoms with van der Waals surface area (Å²) in [4.78, 5) is 38.8. The Morgan fingerprint density at radius 1 is 1.04 bits per heavy atom. The Bertz CT molecular complexity index is 786. The highest BCUT2D eigenvalue weighted by atomic mass is 16.5. The first-order valence-electron chi connectivity index (χ1n) is 9.67. The molecule has 27 heavy (non-hydrogen) atoms. The molecule has 144 valence electrons. The predicted octanol–water partition coefficient (Wildman–Crippen LogP) is 3.85. The van der Waals surface area contributed by atoms with E-state index in [9.17, 15) is 14.4 Å². The average Bonchev–Trinajstić information content (AvgIpc) is 2.87. The van der Waals surface area contributed by atoms with Crippen molar-refractivity contribution in [3.63, 3.8) is 0 Å². The Kier molecular flexibility index (Phi) is 5.49. The third-order valence-corrected chi connectivity index (χ3v) is 5.59. The molecule has 5 heteroatoms. The third kappa shape index (κ3) is 3.55. The number of rotatable bonds is 5. The van der Waals surface area contributed by atoms with Crippen molar-refractivity contribution >= 4 is 17.8 Å². The zero-order valence-corrected chi connectivity index (χ0v) is 16.6. The summed E-state index contributed by atoms with van der Waals surface area (Å²) in [6.07, 6.45) is 3.73. The molecule has 0 fully saturated rings. The molecule has 1 heterocycles. The molecule has 1 aromatic rings. The van der Waals surface area contributed by atoms with E-state index in [4.69, 9.17) is 4.74 Å². The molecule has 3 rings (SSSR count). The van der Waals surface area contributed by atoms with E-state index in [1.165, 1.54) is 0 Å². The highest BCUT2D eigenvalue weighted by Crippen LogP contribution is 2.33. The first-order chi connectivity index (χ1) is 12.8. The van der Waals surface area contributed by atoms with Gasteiger partial charge in [0.1, 0.15) is 0 Å². The number of ether oxygens (including phenoxy) is 1. The van der Waals surface area contributed by atoms with Gasteiger partial charge in [0.2, 0.25) is 0 Å². The Balaban J connectivity index is 1.72. The summed E-state index contributed by atoms with van der Waals surface area (Å²) in [6, 6.07) is 4.12. The van der Waals surface area contributed by atoms with Crippen LogP contribution in [0.2, 0.25) is 0 Å². The standard InChI is InChI=1S/C22H27NO4/c1-5-16(19-14(3)10-13(2)11-15(19)4)22(26)27-12-23-20(24)17-8-6-7-9-18(17)21(23)25/h10-11,16H,5-9,12H2,1-4H3. The number of esters is 1. The molecular weight excluding hydrogens is 342 g/mol. The number of nitrogens with zero attached hydrogens (tertiary/aromatic N) is 1. The summed E-state index contributed by atoms with van der Waals surface area (Å²) in [5.74, 6) is -1.38. The summed E-state index contributed by atoms with van der Waals surface area (Å²) in [5, 5.41) is 0. The van der Waals surface area contributed by atoms with Gasteiger partial charge >= 0.3 is 5.97 Å². The Morgan fingerprint density at radius 2 is 1.56 bits per heavy atom. The zero-order chi connectivity index (χ0) is 19.7. The molecule has 2 aliphatic rings. The minimum Gasteiger partial charge on any atom is -0.443 e. The normalized spacial score (nSPS) is 18.0. The SMILES string of the molecule is CCC(C(=O)OCN1C(=O)C2=C(CCCC2)C1=O)c1c(C)cc(C)cc1C. The average molecular weight is 369 g/mol. The molecule has 1 aromatic carbocycles. The van der Waals surface area contributed by atoms with Crippen LogP contribution < -0.4 is 0 Å². The molecule has 0 spiro atoms. The number of aryl methyl sites for hydroxylation is 3. The van der Waals surface area contributed by atoms with E-state index in [0.29, 0.717) is 30.4 Å². The highest BCUT2D eigenvalue weighted by molar-refractivity contribution is 6.19. The zero-order valence-electron chi connectivity index (χ0n) is 16.6. The van der Waals surface area contributed by atoms with Gasteiger partial charge in [0.05, 0.1) is 5.92 Å². The lowest BCUT2D eigenvalue weighted by atomic mass is 9.88. The van der Waals surface area contributed by atoms with E-state index < -0.39 is 11.9 Å². The van der Waals surface area contributed by atoms with Gasteiger partial charge in [-0.15, -0.1) is 0 Å². The van der Waals surface area contributed by atoms with Crippen molar-refractivity contribution in [1.82, 2.24) is 4.90 Å². The van der Waals surface area contributed by atoms with Crippen molar-refractivity contribution < 1.29 is 19.1 Å². The van der Waals surface area contributed by atoms with Gasteiger partial charge in [-0.2, -0.15) is 0 Å². The molecule has 2 amide bonds. The summed E-state index contributed by atoms with van der Waals surface area (Å²) in [6.45, 7) is 7.66. The van der Waals surface area contributed by atoms with Crippen molar-refractivity contribution in [1.29, 1.82) is 0 Å². The summed E-state index contributed by atoms with van der Waals surface area (Å²) in [5.41, 5.74) is 5.47. The van der Waals surface area contributed by atoms with Crippen LogP contribution in [0.15, 0.2) is 23.3 Å². The van der Waals surface area contributed by atoms with Gasteiger partial charge in [0, 0.05) is 11.1 Å². The van der Waals surface area contributed by atoms with Gasteiger partial charge in [0.15, 0.2) is 6.73 Å². The molecule has 1 atom stereocenters. The first-order valence-corrected chi connectivity index (χ1v) is 9.67. The summed E-state index contributed by atoms with van der Waals surface area (Å²) in [7, 11) is 0. The Morgan fingerprint density at radius 3 is 2.04 bits per heavy atom. The van der Waals surface area contributed by atoms with Crippen molar-refractivity contribution in [2.45, 2.75) is 65.7 Å². The number of benzene rings is 1. The summed E-state index contributed by atoms with van der Waals surface area (Å²) >= 11 is 0. The van der Waals surface area contributed by atoms with Crippen LogP contribution in [0.4, 0.5) is 0 Å². The molecule has 0 radical (unpaired) electrons. The van der Waals surface area contributed by atoms with Gasteiger partial charge < -0.3 is 4.74 Å². The van der Waals surface area contributed by atoms with Crippen LogP contribution in [0, 0.1) is 20.8 Å². The molecule has 0 saturated heterocycles. The molecule has 1 unspecified atom stereocenters. The monoisotopic (exact) mass is 369 g/mol. The predicted molar refractivity (Wildman–Crippen MR) is 102 cm³/mol. The van der Waals surface area contributed by atoms with Crippen LogP contribution in [0.25, 0.3) is 0 Å². The van der Waals surface area contributed by atoms with E-state index >= 15 is 0 Å². The van der Waals surface area contributed by atoms with E-state index in [2.05, 4.69) is 12.1 Å². The second kappa shape index (κ2) is 7.67. The fourth-order valence-corrected chi connectivity index (χ4v) is 4.37. The van der Waals surface area contributed by atoms with Crippen LogP contribution in [-0.4, -0.2) is 29.4 Å². The number of hydrogen-bond donors (Lipinski definition) is 0. The minimum atomic E-state index is -0.402. The Labute approximate surface area is 160 Å². The number of carbonyl (C=O) groups excluding carboxylic acids is 3. The minimum absolute atomic E-state index is 0.293. The lowest BCUT2D eigenvalue weighted by molar-refractivity contribution is -0.156. The van der Waals surface area contributed by atoms with Gasteiger partial charge in [-0.05, 0) is 69.6 Å². The maximum absolute atomic E-state index is 12.8. The molecule has 0 aromatic heterocycles. The second-order valence-electron chi connectivity index (χ2n) is 7.57. The van der Waals surface area contributed by atoms with E-state index in [1.807, 2.05) is 27.7 Å². The first kappa shape index (κ1) is 19.3. The van der Waals surface area contributed by atoms with Crippen LogP contribution >= 0.6 is 0 Å². The topological polar surface area (TPSA) is 63.7 Å². The van der Waals surface area contributed by atoms with Crippen molar-refractivity contribution in [3.8, 4) is 0 Å². The number of amides is 2. The van der Waals surface area contributed by atoms with Crippen molar-refractivity contribution in [2.24, 2.45) is 0 Å². The molecule has 0 bridgehead atoms. The van der Waals surface area contributed by atoms with Crippen molar-refractivity contribution in [3.05, 3.63) is 45.5 Å². The number of imide groups is 1. The molecule has 5 nitrogen and oxygen atoms in total. The van der Waals surface area contributed by atoms with Gasteiger partial charge in [-0.1, -0.05) is 24.6 Å². The van der Waals surface area contributed by atoms with E-state index in [-0.39, 0.29) is 18.5 Å². The second-order valence-corrected chi connectivity index (χ2v) is 7.57. The number of carbonyl (C=O) groups is 3. The van der Waals surface area contributed by atoms with Crippen LogP contribution in [0.3, 0.4) is 0 Å². The molecule has 0 N–H and O–H groups in total. The number of hydrogen-bond acceptors (Lipinski definition) is 4. The maximum atomic E-state index is 12.8. The smallest absolute Gasteiger partial charge is 0.315 e. The van der Waals surface area contributed by atoms with Crippen molar-refractivity contribution in [2.75, 3.05) is 6.73 Å². The van der Waals surface area contributed by atoms with Gasteiger partial charge in [-0.25, -0.2) is 4.90 Å².